The minimum absolute atomic E-state index is 0. The van der Waals surface area contributed by atoms with Crippen LogP contribution in [0.15, 0.2) is 182 Å². The van der Waals surface area contributed by atoms with Crippen molar-refractivity contribution in [2.45, 2.75) is 0 Å². The molecule has 0 bridgehead atoms. The van der Waals surface area contributed by atoms with E-state index >= 15 is 0 Å². The van der Waals surface area contributed by atoms with Gasteiger partial charge >= 0.3 is 14.1 Å². The van der Waals surface area contributed by atoms with Crippen LogP contribution in [0.4, 0.5) is 0 Å². The van der Waals surface area contributed by atoms with Crippen LogP contribution in [-0.2, 0) is 0 Å². The molecule has 0 atom stereocenters. The molecule has 6 rings (SSSR count). The lowest BCUT2D eigenvalue weighted by atomic mass is 10.4. The molecule has 40 heavy (non-hydrogen) atoms. The van der Waals surface area contributed by atoms with Gasteiger partial charge in [-0.3, -0.25) is 0 Å². The fraction of sp³-hybridized carbons (Fsp3) is 0. The third-order valence-electron chi connectivity index (χ3n) is 7.05. The van der Waals surface area contributed by atoms with Crippen molar-refractivity contribution in [1.29, 1.82) is 0 Å². The summed E-state index contributed by atoms with van der Waals surface area (Å²) in [6.07, 6.45) is 0. The molecule has 0 saturated heterocycles. The first-order valence-electron chi connectivity index (χ1n) is 13.2. The van der Waals surface area contributed by atoms with Gasteiger partial charge in [-0.15, -0.1) is 4.17 Å². The first-order chi connectivity index (χ1) is 19.3. The predicted molar refractivity (Wildman–Crippen MR) is 178 cm³/mol. The molecule has 1 nitrogen and oxygen atoms in total. The molecular weight excluding hydrogens is 519 g/mol. The lowest BCUT2D eigenvalue weighted by molar-refractivity contribution is 1.67. The van der Waals surface area contributed by atoms with E-state index in [2.05, 4.69) is 182 Å². The maximum absolute atomic E-state index is 6.38. The van der Waals surface area contributed by atoms with Crippen LogP contribution < -0.4 is 36.0 Å². The van der Waals surface area contributed by atoms with Gasteiger partial charge in [0.05, 0.1) is 31.8 Å². The standard InChI is InChI=1S/C36H30NP2.B/c1-7-19-31(20-8-1)38(32-21-9-2-10-22-32,33-23-11-3-12-24-33)37-39(34-25-13-4-14-26-34,35-27-15-5-16-28-35)36-29-17-6-18-30-36;/h1-30H;/q+1;. The molecule has 4 heteroatoms. The van der Waals surface area contributed by atoms with E-state index in [1.54, 1.807) is 0 Å². The fourth-order valence-corrected chi connectivity index (χ4v) is 14.8. The third kappa shape index (κ3) is 4.99. The summed E-state index contributed by atoms with van der Waals surface area (Å²) < 4.78 is 6.38. The summed E-state index contributed by atoms with van der Waals surface area (Å²) in [5.74, 6) is 0. The molecule has 0 amide bonds. The van der Waals surface area contributed by atoms with Crippen molar-refractivity contribution in [3.63, 3.8) is 0 Å². The lowest BCUT2D eigenvalue weighted by Crippen LogP contribution is -2.31. The molecule has 0 aromatic heterocycles. The van der Waals surface area contributed by atoms with Crippen LogP contribution in [0, 0.1) is 0 Å². The maximum atomic E-state index is 6.38. The summed E-state index contributed by atoms with van der Waals surface area (Å²) in [5.41, 5.74) is 0. The van der Waals surface area contributed by atoms with Gasteiger partial charge in [0.1, 0.15) is 0 Å². The normalized spacial score (nSPS) is 11.2. The molecule has 0 aliphatic rings. The lowest BCUT2D eigenvalue weighted by Gasteiger charge is -2.20. The van der Waals surface area contributed by atoms with Crippen LogP contribution in [0.1, 0.15) is 0 Å². The zero-order valence-corrected chi connectivity index (χ0v) is 24.0. The maximum Gasteiger partial charge on any atom is 0.301 e. The monoisotopic (exact) mass is 549 g/mol. The van der Waals surface area contributed by atoms with Crippen LogP contribution in [0.25, 0.3) is 0 Å². The van der Waals surface area contributed by atoms with Gasteiger partial charge in [0.25, 0.3) is 0 Å². The van der Waals surface area contributed by atoms with E-state index in [4.69, 9.17) is 4.17 Å². The molecule has 0 unspecified atom stereocenters. The van der Waals surface area contributed by atoms with Crippen LogP contribution in [0.5, 0.6) is 0 Å². The first kappa shape index (κ1) is 27.5. The van der Waals surface area contributed by atoms with E-state index in [9.17, 15) is 0 Å². The molecule has 0 saturated carbocycles. The van der Waals surface area contributed by atoms with Crippen molar-refractivity contribution < 1.29 is 0 Å². The Morgan fingerprint density at radius 3 is 0.550 bits per heavy atom. The van der Waals surface area contributed by atoms with E-state index in [0.717, 1.165) is 0 Å². The molecule has 6 aromatic carbocycles. The summed E-state index contributed by atoms with van der Waals surface area (Å²) in [7, 11) is -4.99. The largest absolute Gasteiger partial charge is 0.301 e. The van der Waals surface area contributed by atoms with Crippen LogP contribution in [0.3, 0.4) is 0 Å². The Balaban J connectivity index is 0.00000323. The van der Waals surface area contributed by atoms with Gasteiger partial charge in [0.2, 0.25) is 0 Å². The number of hydrogen-bond donors (Lipinski definition) is 0. The van der Waals surface area contributed by atoms with Gasteiger partial charge in [-0.25, -0.2) is 0 Å². The molecular formula is C36H30BNP2+. The van der Waals surface area contributed by atoms with Gasteiger partial charge in [-0.1, -0.05) is 109 Å². The molecule has 6 aromatic rings. The minimum atomic E-state index is -2.50. The van der Waals surface area contributed by atoms with Gasteiger partial charge in [-0.05, 0) is 72.8 Å². The Kier molecular flexibility index (Phi) is 8.55. The topological polar surface area (TPSA) is 14.1 Å². The summed E-state index contributed by atoms with van der Waals surface area (Å²) in [6.45, 7) is 0. The highest BCUT2D eigenvalue weighted by atomic mass is 31.2. The van der Waals surface area contributed by atoms with Crippen LogP contribution in [0.2, 0.25) is 0 Å². The van der Waals surface area contributed by atoms with Crippen molar-refractivity contribution >= 4 is 54.3 Å². The Morgan fingerprint density at radius 1 is 0.250 bits per heavy atom. The summed E-state index contributed by atoms with van der Waals surface area (Å²) in [6, 6.07) is 65.7. The SMILES string of the molecule is [B].c1ccc(P(=[N+]=P(c2ccccc2)(c2ccccc2)c2ccccc2)(c2ccccc2)c2ccccc2)cc1. The number of hydrogen-bond acceptors (Lipinski definition) is 0. The Morgan fingerprint density at radius 2 is 0.400 bits per heavy atom. The molecule has 191 valence electrons. The van der Waals surface area contributed by atoms with Gasteiger partial charge in [0.15, 0.2) is 0 Å². The van der Waals surface area contributed by atoms with E-state index < -0.39 is 14.1 Å². The van der Waals surface area contributed by atoms with Gasteiger partial charge in [0, 0.05) is 8.41 Å². The van der Waals surface area contributed by atoms with Crippen LogP contribution >= 0.6 is 14.1 Å². The Bertz CT molecular complexity index is 1430. The number of rotatable bonds is 6. The average Bonchev–Trinajstić information content (AvgIpc) is 3.04. The van der Waals surface area contributed by atoms with E-state index in [0.29, 0.717) is 0 Å². The molecule has 0 N–H and O–H groups in total. The van der Waals surface area contributed by atoms with Crippen molar-refractivity contribution in [3.05, 3.63) is 182 Å². The summed E-state index contributed by atoms with van der Waals surface area (Å²) in [5, 5.41) is 7.55. The van der Waals surface area contributed by atoms with Gasteiger partial charge in [-0.2, -0.15) is 0 Å². The first-order valence-corrected chi connectivity index (χ1v) is 16.7. The summed E-state index contributed by atoms with van der Waals surface area (Å²) >= 11 is 0. The predicted octanol–water partition coefficient (Wildman–Crippen LogP) is 6.03. The van der Waals surface area contributed by atoms with E-state index in [1.807, 2.05) is 0 Å². The van der Waals surface area contributed by atoms with Crippen molar-refractivity contribution in [2.75, 3.05) is 0 Å². The summed E-state index contributed by atoms with van der Waals surface area (Å²) in [4.78, 5) is 0. The zero-order chi connectivity index (χ0) is 26.4. The Hall–Kier alpha value is -4.05. The second-order valence-electron chi connectivity index (χ2n) is 9.37. The molecule has 0 fully saturated rings. The molecule has 0 spiro atoms. The molecule has 0 aliphatic heterocycles. The zero-order valence-electron chi connectivity index (χ0n) is 22.2. The van der Waals surface area contributed by atoms with Gasteiger partial charge < -0.3 is 0 Å². The van der Waals surface area contributed by atoms with E-state index in [-0.39, 0.29) is 8.41 Å². The van der Waals surface area contributed by atoms with Crippen molar-refractivity contribution in [2.24, 2.45) is 0 Å². The number of benzene rings is 6. The average molecular weight is 549 g/mol. The second-order valence-corrected chi connectivity index (χ2v) is 15.7. The highest BCUT2D eigenvalue weighted by molar-refractivity contribution is 7.93. The highest BCUT2D eigenvalue weighted by Crippen LogP contribution is 2.50. The molecule has 3 radical (unpaired) electrons. The fourth-order valence-electron chi connectivity index (χ4n) is 5.27. The second kappa shape index (κ2) is 12.4. The van der Waals surface area contributed by atoms with Crippen molar-refractivity contribution in [1.82, 2.24) is 4.17 Å². The molecule has 0 aliphatic carbocycles. The van der Waals surface area contributed by atoms with E-state index in [1.165, 1.54) is 31.8 Å². The smallest absolute Gasteiger partial charge is 0.148 e. The van der Waals surface area contributed by atoms with Crippen molar-refractivity contribution in [3.8, 4) is 0 Å². The van der Waals surface area contributed by atoms with Crippen LogP contribution in [-0.4, -0.2) is 8.41 Å². The number of nitrogens with zero attached hydrogens (tertiary/aromatic N) is 1. The Labute approximate surface area is 239 Å². The highest BCUT2D eigenvalue weighted by Gasteiger charge is 2.44. The quantitative estimate of drug-likeness (QED) is 0.137. The molecule has 0 heterocycles. The minimum Gasteiger partial charge on any atom is -0.148 e. The third-order valence-corrected chi connectivity index (χ3v) is 15.5.